The molecule has 30 heavy (non-hydrogen) atoms. The van der Waals surface area contributed by atoms with Gasteiger partial charge in [0.15, 0.2) is 5.65 Å². The third-order valence-electron chi connectivity index (χ3n) is 5.35. The van der Waals surface area contributed by atoms with Crippen molar-refractivity contribution >= 4 is 22.8 Å². The minimum absolute atomic E-state index is 0.576. The first-order chi connectivity index (χ1) is 14.8. The molecule has 4 aromatic rings. The molecule has 1 aliphatic carbocycles. The van der Waals surface area contributed by atoms with Gasteiger partial charge >= 0.3 is 0 Å². The van der Waals surface area contributed by atoms with Crippen LogP contribution in [-0.4, -0.2) is 37.1 Å². The highest BCUT2D eigenvalue weighted by molar-refractivity contribution is 5.77. The molecule has 0 bridgehead atoms. The highest BCUT2D eigenvalue weighted by atomic mass is 15.2. The van der Waals surface area contributed by atoms with Crippen molar-refractivity contribution in [3.8, 4) is 11.4 Å². The van der Waals surface area contributed by atoms with Gasteiger partial charge in [0.05, 0.1) is 6.20 Å². The quantitative estimate of drug-likeness (QED) is 0.467. The number of pyridine rings is 1. The molecular weight excluding hydrogens is 374 g/mol. The number of hydrogen-bond acceptors (Lipinski definition) is 6. The van der Waals surface area contributed by atoms with Gasteiger partial charge in [0.2, 0.25) is 5.95 Å². The Labute approximate surface area is 175 Å². The molecule has 1 aliphatic rings. The van der Waals surface area contributed by atoms with E-state index in [4.69, 9.17) is 9.97 Å². The average molecular weight is 400 g/mol. The number of aryl methyl sites for hydroxylation is 1. The Hall–Kier alpha value is -3.32. The summed E-state index contributed by atoms with van der Waals surface area (Å²) < 4.78 is 2.11. The summed E-state index contributed by atoms with van der Waals surface area (Å²) >= 11 is 0. The second-order valence-corrected chi connectivity index (χ2v) is 7.62. The van der Waals surface area contributed by atoms with E-state index in [1.54, 1.807) is 18.6 Å². The molecule has 7 nitrogen and oxygen atoms in total. The fraction of sp³-hybridized carbons (Fsp3) is 0.304. The van der Waals surface area contributed by atoms with Crippen LogP contribution in [0, 0.1) is 0 Å². The van der Waals surface area contributed by atoms with Crippen molar-refractivity contribution in [3.05, 3.63) is 60.6 Å². The minimum Gasteiger partial charge on any atom is -0.324 e. The zero-order chi connectivity index (χ0) is 20.3. The molecular formula is C23H25N7. The Morgan fingerprint density at radius 1 is 1.10 bits per heavy atom. The van der Waals surface area contributed by atoms with Crippen molar-refractivity contribution in [1.29, 1.82) is 0 Å². The Kier molecular flexibility index (Phi) is 5.11. The van der Waals surface area contributed by atoms with Gasteiger partial charge in [-0.2, -0.15) is 4.98 Å². The van der Waals surface area contributed by atoms with Gasteiger partial charge in [-0.15, -0.1) is 0 Å². The van der Waals surface area contributed by atoms with E-state index in [2.05, 4.69) is 50.3 Å². The summed E-state index contributed by atoms with van der Waals surface area (Å²) in [7, 11) is 0. The molecule has 2 N–H and O–H groups in total. The monoisotopic (exact) mass is 399 g/mol. The van der Waals surface area contributed by atoms with Crippen LogP contribution in [0.4, 0.5) is 11.6 Å². The van der Waals surface area contributed by atoms with Gasteiger partial charge in [-0.1, -0.05) is 12.1 Å². The van der Waals surface area contributed by atoms with Crippen molar-refractivity contribution < 1.29 is 0 Å². The highest BCUT2D eigenvalue weighted by Crippen LogP contribution is 2.24. The summed E-state index contributed by atoms with van der Waals surface area (Å²) in [6, 6.07) is 13.1. The number of anilines is 2. The highest BCUT2D eigenvalue weighted by Gasteiger charge is 2.19. The molecule has 5 rings (SSSR count). The lowest BCUT2D eigenvalue weighted by Gasteiger charge is -2.09. The maximum atomic E-state index is 4.76. The Bertz CT molecular complexity index is 1150. The van der Waals surface area contributed by atoms with E-state index in [-0.39, 0.29) is 0 Å². The molecule has 1 fully saturated rings. The number of benzene rings is 1. The minimum atomic E-state index is 0.576. The first-order valence-corrected chi connectivity index (χ1v) is 10.5. The van der Waals surface area contributed by atoms with E-state index in [9.17, 15) is 0 Å². The number of aromatic nitrogens is 5. The number of hydrogen-bond donors (Lipinski definition) is 2. The predicted octanol–water partition coefficient (Wildman–Crippen LogP) is 3.95. The van der Waals surface area contributed by atoms with Gasteiger partial charge in [-0.3, -0.25) is 4.98 Å². The largest absolute Gasteiger partial charge is 0.324 e. The van der Waals surface area contributed by atoms with Gasteiger partial charge in [0, 0.05) is 36.2 Å². The van der Waals surface area contributed by atoms with E-state index in [1.165, 1.54) is 18.4 Å². The van der Waals surface area contributed by atoms with Gasteiger partial charge in [0.1, 0.15) is 11.3 Å². The lowest BCUT2D eigenvalue weighted by Crippen LogP contribution is -2.19. The third kappa shape index (κ3) is 4.02. The van der Waals surface area contributed by atoms with Crippen LogP contribution in [0.5, 0.6) is 0 Å². The Morgan fingerprint density at radius 2 is 1.97 bits per heavy atom. The lowest BCUT2D eigenvalue weighted by molar-refractivity contribution is 0.682. The van der Waals surface area contributed by atoms with Crippen molar-refractivity contribution in [2.45, 2.75) is 38.8 Å². The normalized spacial score (nSPS) is 13.6. The molecule has 1 saturated carbocycles. The molecule has 3 aromatic heterocycles. The smallest absolute Gasteiger partial charge is 0.229 e. The van der Waals surface area contributed by atoms with Crippen molar-refractivity contribution in [2.75, 3.05) is 11.9 Å². The van der Waals surface area contributed by atoms with E-state index in [1.807, 2.05) is 18.2 Å². The second kappa shape index (κ2) is 8.20. The molecule has 0 atom stereocenters. The molecule has 0 spiro atoms. The van der Waals surface area contributed by atoms with E-state index in [0.29, 0.717) is 5.95 Å². The van der Waals surface area contributed by atoms with Crippen molar-refractivity contribution in [3.63, 3.8) is 0 Å². The molecule has 1 aromatic carbocycles. The van der Waals surface area contributed by atoms with Crippen molar-refractivity contribution in [2.24, 2.45) is 0 Å². The first kappa shape index (κ1) is 18.7. The van der Waals surface area contributed by atoms with Crippen LogP contribution in [0.15, 0.2) is 55.0 Å². The van der Waals surface area contributed by atoms with Gasteiger partial charge in [-0.05, 0) is 62.6 Å². The molecule has 0 aliphatic heterocycles. The SMILES string of the molecule is CCn1c(-c2ccncc2)nc2cnc(Nc3cccc(CCNC4CC4)c3)nc21. The summed E-state index contributed by atoms with van der Waals surface area (Å²) in [5.74, 6) is 1.46. The zero-order valence-electron chi connectivity index (χ0n) is 17.0. The second-order valence-electron chi connectivity index (χ2n) is 7.62. The molecule has 7 heteroatoms. The van der Waals surface area contributed by atoms with Crippen LogP contribution >= 0.6 is 0 Å². The van der Waals surface area contributed by atoms with Gasteiger partial charge in [0.25, 0.3) is 0 Å². The fourth-order valence-electron chi connectivity index (χ4n) is 3.64. The fourth-order valence-corrected chi connectivity index (χ4v) is 3.64. The van der Waals surface area contributed by atoms with E-state index < -0.39 is 0 Å². The molecule has 0 saturated heterocycles. The van der Waals surface area contributed by atoms with Crippen LogP contribution in [-0.2, 0) is 13.0 Å². The van der Waals surface area contributed by atoms with Crippen LogP contribution in [0.1, 0.15) is 25.3 Å². The maximum Gasteiger partial charge on any atom is 0.229 e. The third-order valence-corrected chi connectivity index (χ3v) is 5.35. The van der Waals surface area contributed by atoms with E-state index in [0.717, 1.165) is 53.8 Å². The standard InChI is InChI=1S/C23H25N7/c1-2-30-21(17-9-11-24-12-10-17)28-20-15-26-23(29-22(20)30)27-19-5-3-4-16(14-19)8-13-25-18-6-7-18/h3-5,9-12,14-15,18,25H,2,6-8,13H2,1H3,(H,26,27,29). The van der Waals surface area contributed by atoms with Gasteiger partial charge < -0.3 is 15.2 Å². The molecule has 0 radical (unpaired) electrons. The van der Waals surface area contributed by atoms with Crippen LogP contribution < -0.4 is 10.6 Å². The molecule has 0 unspecified atom stereocenters. The van der Waals surface area contributed by atoms with Crippen LogP contribution in [0.2, 0.25) is 0 Å². The van der Waals surface area contributed by atoms with Crippen LogP contribution in [0.25, 0.3) is 22.6 Å². The Morgan fingerprint density at radius 3 is 2.77 bits per heavy atom. The average Bonchev–Trinajstić information content (AvgIpc) is 3.53. The summed E-state index contributed by atoms with van der Waals surface area (Å²) in [4.78, 5) is 18.1. The molecule has 3 heterocycles. The summed E-state index contributed by atoms with van der Waals surface area (Å²) in [5, 5.41) is 6.92. The molecule has 0 amide bonds. The number of nitrogens with one attached hydrogen (secondary N) is 2. The summed E-state index contributed by atoms with van der Waals surface area (Å²) in [6.45, 7) is 3.89. The summed E-state index contributed by atoms with van der Waals surface area (Å²) in [5.41, 5.74) is 4.93. The summed E-state index contributed by atoms with van der Waals surface area (Å²) in [6.07, 6.45) is 8.99. The number of imidazole rings is 1. The maximum absolute atomic E-state index is 4.76. The lowest BCUT2D eigenvalue weighted by atomic mass is 10.1. The number of fused-ring (bicyclic) bond motifs is 1. The zero-order valence-corrected chi connectivity index (χ0v) is 17.0. The Balaban J connectivity index is 1.38. The van der Waals surface area contributed by atoms with E-state index >= 15 is 0 Å². The van der Waals surface area contributed by atoms with Crippen LogP contribution in [0.3, 0.4) is 0 Å². The topological polar surface area (TPSA) is 80.5 Å². The molecule has 152 valence electrons. The first-order valence-electron chi connectivity index (χ1n) is 10.5. The number of nitrogens with zero attached hydrogens (tertiary/aromatic N) is 5. The van der Waals surface area contributed by atoms with Gasteiger partial charge in [-0.25, -0.2) is 9.97 Å². The number of rotatable bonds is 8. The van der Waals surface area contributed by atoms with Crippen molar-refractivity contribution in [1.82, 2.24) is 29.8 Å². The predicted molar refractivity (Wildman–Crippen MR) is 119 cm³/mol.